The third-order valence-electron chi connectivity index (χ3n) is 2.90. The van der Waals surface area contributed by atoms with Crippen LogP contribution in [-0.4, -0.2) is 21.8 Å². The van der Waals surface area contributed by atoms with Gasteiger partial charge in [0, 0.05) is 0 Å². The number of halogens is 3. The zero-order valence-corrected chi connectivity index (χ0v) is 17.2. The molecule has 0 heterocycles. The van der Waals surface area contributed by atoms with E-state index < -0.39 is 0 Å². The van der Waals surface area contributed by atoms with Gasteiger partial charge in [-0.2, -0.15) is 0 Å². The van der Waals surface area contributed by atoms with Gasteiger partial charge >= 0.3 is 128 Å². The normalized spacial score (nSPS) is 11.4. The van der Waals surface area contributed by atoms with E-state index in [0.29, 0.717) is 5.47 Å². The molecule has 1 rings (SSSR count). The smallest absolute Gasteiger partial charge is 1.00 e. The number of benzene rings is 1. The van der Waals surface area contributed by atoms with Crippen molar-refractivity contribution >= 4 is 32.2 Å². The third-order valence-corrected chi connectivity index (χ3v) is 3.52. The first-order chi connectivity index (χ1) is 8.07. The van der Waals surface area contributed by atoms with E-state index in [4.69, 9.17) is 4.74 Å². The van der Waals surface area contributed by atoms with Gasteiger partial charge < -0.3 is 24.8 Å². The molecule has 0 N–H and O–H groups in total. The molecule has 1 aromatic rings. The molecular formula is C15H22AlBrCl2O. The first kappa shape index (κ1) is 22.9. The van der Waals surface area contributed by atoms with E-state index in [2.05, 4.69) is 85.9 Å². The van der Waals surface area contributed by atoms with Crippen LogP contribution in [0.15, 0.2) is 16.6 Å². The maximum absolute atomic E-state index is 5.92. The van der Waals surface area contributed by atoms with Crippen LogP contribution in [0, 0.1) is 0 Å². The van der Waals surface area contributed by atoms with E-state index >= 15 is 0 Å². The van der Waals surface area contributed by atoms with Crippen molar-refractivity contribution < 1.29 is 29.6 Å². The SMILES string of the molecule is CC(C)(C)c1cc(Br)cc(C(C)(C)C)c1O[CH2][Al+2].[Cl-].[Cl-]. The summed E-state index contributed by atoms with van der Waals surface area (Å²) in [5.41, 5.74) is 3.26. The van der Waals surface area contributed by atoms with E-state index in [1.807, 2.05) is 0 Å². The summed E-state index contributed by atoms with van der Waals surface area (Å²) in [6.45, 7) is 13.3. The molecule has 0 radical (unpaired) electrons. The van der Waals surface area contributed by atoms with Gasteiger partial charge in [-0.3, -0.25) is 0 Å². The Morgan fingerprint density at radius 2 is 1.30 bits per heavy atom. The first-order valence-electron chi connectivity index (χ1n) is 6.24. The van der Waals surface area contributed by atoms with Crippen molar-refractivity contribution in [3.05, 3.63) is 27.7 Å². The van der Waals surface area contributed by atoms with Crippen LogP contribution in [0.25, 0.3) is 0 Å². The molecule has 0 aromatic heterocycles. The van der Waals surface area contributed by atoms with Crippen molar-refractivity contribution in [2.45, 2.75) is 52.4 Å². The molecule has 1 nitrogen and oxygen atoms in total. The number of rotatable bonds is 2. The van der Waals surface area contributed by atoms with Crippen molar-refractivity contribution in [3.63, 3.8) is 0 Å². The average molecular weight is 396 g/mol. The van der Waals surface area contributed by atoms with E-state index in [1.165, 1.54) is 11.1 Å². The standard InChI is InChI=1S/C15H22BrO.Al.2ClH/c1-14(2,3)11-8-10(16)9-12(13(11)17-7)15(4,5)6;;;/h8-9H,7H2,1-6H3;;2*1H/q;+2;;/p-2. The van der Waals surface area contributed by atoms with Gasteiger partial charge in [0.2, 0.25) is 0 Å². The minimum absolute atomic E-state index is 0. The molecule has 0 bridgehead atoms. The predicted molar refractivity (Wildman–Crippen MR) is 82.8 cm³/mol. The molecule has 0 aliphatic heterocycles. The molecule has 0 spiro atoms. The van der Waals surface area contributed by atoms with Crippen LogP contribution in [0.4, 0.5) is 0 Å². The zero-order valence-electron chi connectivity index (χ0n) is 13.0. The van der Waals surface area contributed by atoms with Crippen molar-refractivity contribution in [2.24, 2.45) is 0 Å². The fourth-order valence-corrected chi connectivity index (χ4v) is 2.57. The van der Waals surface area contributed by atoms with Crippen LogP contribution >= 0.6 is 15.9 Å². The largest absolute Gasteiger partial charge is 1.00 e. The zero-order chi connectivity index (χ0) is 14.1. The van der Waals surface area contributed by atoms with Crippen molar-refractivity contribution in [3.8, 4) is 5.75 Å². The minimum atomic E-state index is 0. The maximum atomic E-state index is 5.92. The van der Waals surface area contributed by atoms with Crippen LogP contribution in [0.5, 0.6) is 5.75 Å². The molecule has 0 aliphatic rings. The van der Waals surface area contributed by atoms with Crippen molar-refractivity contribution in [1.82, 2.24) is 0 Å². The van der Waals surface area contributed by atoms with Crippen LogP contribution < -0.4 is 29.6 Å². The fourth-order valence-electron chi connectivity index (χ4n) is 1.95. The van der Waals surface area contributed by atoms with E-state index in [9.17, 15) is 0 Å². The second-order valence-corrected chi connectivity index (χ2v) is 7.89. The topological polar surface area (TPSA) is 9.23 Å². The molecule has 5 heteroatoms. The molecule has 0 saturated carbocycles. The molecule has 112 valence electrons. The molecule has 0 unspecified atom stereocenters. The van der Waals surface area contributed by atoms with Gasteiger partial charge in [0.05, 0.1) is 0 Å². The van der Waals surface area contributed by atoms with Crippen LogP contribution in [-0.2, 0) is 10.8 Å². The van der Waals surface area contributed by atoms with E-state index in [-0.39, 0.29) is 35.6 Å². The summed E-state index contributed by atoms with van der Waals surface area (Å²) in [7, 11) is 0. The molecule has 20 heavy (non-hydrogen) atoms. The summed E-state index contributed by atoms with van der Waals surface area (Å²) in [4.78, 5) is 0. The van der Waals surface area contributed by atoms with Gasteiger partial charge in [-0.15, -0.1) is 0 Å². The van der Waals surface area contributed by atoms with Crippen molar-refractivity contribution in [2.75, 3.05) is 5.47 Å². The maximum Gasteiger partial charge on any atom is -1.00 e. The van der Waals surface area contributed by atoms with E-state index in [0.717, 1.165) is 10.2 Å². The Morgan fingerprint density at radius 3 is 1.55 bits per heavy atom. The molecule has 0 amide bonds. The predicted octanol–water partition coefficient (Wildman–Crippen LogP) is -1.44. The van der Waals surface area contributed by atoms with Crippen molar-refractivity contribution in [1.29, 1.82) is 0 Å². The monoisotopic (exact) mass is 394 g/mol. The van der Waals surface area contributed by atoms with Gasteiger partial charge in [0.25, 0.3) is 0 Å². The summed E-state index contributed by atoms with van der Waals surface area (Å²) in [5.74, 6) is 1.04. The number of hydrogen-bond donors (Lipinski definition) is 0. The second kappa shape index (κ2) is 8.30. The van der Waals surface area contributed by atoms with Gasteiger partial charge in [0.15, 0.2) is 0 Å². The Labute approximate surface area is 152 Å². The van der Waals surface area contributed by atoms with Crippen LogP contribution in [0.1, 0.15) is 52.7 Å². The van der Waals surface area contributed by atoms with Crippen LogP contribution in [0.3, 0.4) is 0 Å². The Hall–Kier alpha value is 0.612. The average Bonchev–Trinajstić information content (AvgIpc) is 2.17. The molecule has 0 atom stereocenters. The van der Waals surface area contributed by atoms with Gasteiger partial charge in [-0.05, 0) is 0 Å². The second-order valence-electron chi connectivity index (χ2n) is 6.64. The minimum Gasteiger partial charge on any atom is -1.00 e. The van der Waals surface area contributed by atoms with Crippen LogP contribution in [0.2, 0.25) is 0 Å². The Kier molecular flexibility index (Phi) is 9.50. The first-order valence-corrected chi connectivity index (χ1v) is 7.85. The Morgan fingerprint density at radius 1 is 0.950 bits per heavy atom. The summed E-state index contributed by atoms with van der Waals surface area (Å²) < 4.78 is 7.04. The van der Waals surface area contributed by atoms with E-state index in [1.54, 1.807) is 0 Å². The number of hydrogen-bond acceptors (Lipinski definition) is 1. The summed E-state index contributed by atoms with van der Waals surface area (Å²) >= 11 is 6.26. The summed E-state index contributed by atoms with van der Waals surface area (Å²) in [6.07, 6.45) is 0. The van der Waals surface area contributed by atoms with Gasteiger partial charge in [0.1, 0.15) is 0 Å². The Bertz CT molecular complexity index is 401. The number of ether oxygens (including phenoxy) is 1. The molecule has 0 saturated heterocycles. The molecular weight excluding hydrogens is 374 g/mol. The Balaban J connectivity index is 0. The molecule has 1 aromatic carbocycles. The fraction of sp³-hybridized carbons (Fsp3) is 0.600. The van der Waals surface area contributed by atoms with Gasteiger partial charge in [-0.1, -0.05) is 0 Å². The van der Waals surface area contributed by atoms with Gasteiger partial charge in [-0.25, -0.2) is 0 Å². The molecule has 0 fully saturated rings. The summed E-state index contributed by atoms with van der Waals surface area (Å²) in [5, 5.41) is 0. The molecule has 0 aliphatic carbocycles. The third kappa shape index (κ3) is 5.78. The summed E-state index contributed by atoms with van der Waals surface area (Å²) in [6, 6.07) is 4.34. The quantitative estimate of drug-likeness (QED) is 0.557.